The summed E-state index contributed by atoms with van der Waals surface area (Å²) in [5.74, 6) is 1.01. The van der Waals surface area contributed by atoms with Gasteiger partial charge in [0.25, 0.3) is 0 Å². The quantitative estimate of drug-likeness (QED) is 0.650. The first kappa shape index (κ1) is 14.0. The number of hydrogen-bond acceptors (Lipinski definition) is 2. The minimum atomic E-state index is 0.610. The van der Waals surface area contributed by atoms with Gasteiger partial charge in [0.05, 0.1) is 0 Å². The molecule has 0 heterocycles. The Labute approximate surface area is 102 Å². The normalized spacial score (nSPS) is 18.4. The molecule has 1 rings (SSSR count). The Balaban J connectivity index is 2.36. The Hall–Kier alpha value is -0.0800. The van der Waals surface area contributed by atoms with Crippen molar-refractivity contribution in [3.05, 3.63) is 0 Å². The zero-order valence-corrected chi connectivity index (χ0v) is 11.6. The zero-order valence-electron chi connectivity index (χ0n) is 11.6. The molecule has 0 spiro atoms. The molecule has 0 saturated heterocycles. The molecule has 1 N–H and O–H groups in total. The third kappa shape index (κ3) is 5.31. The Morgan fingerprint density at radius 2 is 1.94 bits per heavy atom. The van der Waals surface area contributed by atoms with Crippen LogP contribution in [0.15, 0.2) is 0 Å². The van der Waals surface area contributed by atoms with Gasteiger partial charge in [0.1, 0.15) is 0 Å². The van der Waals surface area contributed by atoms with E-state index >= 15 is 0 Å². The van der Waals surface area contributed by atoms with E-state index in [9.17, 15) is 0 Å². The van der Waals surface area contributed by atoms with Crippen LogP contribution in [0.2, 0.25) is 0 Å². The van der Waals surface area contributed by atoms with Crippen molar-refractivity contribution in [2.45, 2.75) is 65.5 Å². The fourth-order valence-electron chi connectivity index (χ4n) is 2.29. The molecule has 2 nitrogen and oxygen atoms in total. The monoisotopic (exact) mass is 226 g/mol. The first-order valence-corrected chi connectivity index (χ1v) is 7.14. The van der Waals surface area contributed by atoms with Gasteiger partial charge < -0.3 is 5.32 Å². The van der Waals surface area contributed by atoms with E-state index < -0.39 is 0 Å². The van der Waals surface area contributed by atoms with Crippen LogP contribution in [0.5, 0.6) is 0 Å². The third-order valence-electron chi connectivity index (χ3n) is 3.50. The van der Waals surface area contributed by atoms with Gasteiger partial charge in [-0.15, -0.1) is 0 Å². The molecular formula is C14H30N2. The molecule has 1 aliphatic carbocycles. The van der Waals surface area contributed by atoms with E-state index in [1.54, 1.807) is 0 Å². The Morgan fingerprint density at radius 1 is 1.25 bits per heavy atom. The van der Waals surface area contributed by atoms with Gasteiger partial charge in [-0.3, -0.25) is 4.90 Å². The summed E-state index contributed by atoms with van der Waals surface area (Å²) in [5, 5.41) is 3.60. The molecule has 0 aromatic rings. The maximum absolute atomic E-state index is 3.60. The topological polar surface area (TPSA) is 15.3 Å². The van der Waals surface area contributed by atoms with Crippen molar-refractivity contribution in [3.63, 3.8) is 0 Å². The van der Waals surface area contributed by atoms with E-state index in [-0.39, 0.29) is 0 Å². The highest BCUT2D eigenvalue weighted by atomic mass is 15.2. The van der Waals surface area contributed by atoms with E-state index in [1.807, 2.05) is 0 Å². The average molecular weight is 226 g/mol. The van der Waals surface area contributed by atoms with Gasteiger partial charge in [-0.05, 0) is 31.7 Å². The SMILES string of the molecule is CCCC(CNC(C)C)N(CC)CC1CC1. The summed E-state index contributed by atoms with van der Waals surface area (Å²) >= 11 is 0. The van der Waals surface area contributed by atoms with Gasteiger partial charge in [-0.1, -0.05) is 34.1 Å². The van der Waals surface area contributed by atoms with Crippen LogP contribution in [-0.2, 0) is 0 Å². The van der Waals surface area contributed by atoms with E-state index in [0.29, 0.717) is 6.04 Å². The van der Waals surface area contributed by atoms with E-state index in [4.69, 9.17) is 0 Å². The van der Waals surface area contributed by atoms with Gasteiger partial charge in [-0.25, -0.2) is 0 Å². The van der Waals surface area contributed by atoms with Crippen molar-refractivity contribution in [2.75, 3.05) is 19.6 Å². The summed E-state index contributed by atoms with van der Waals surface area (Å²) in [6.07, 6.45) is 5.56. The fourth-order valence-corrected chi connectivity index (χ4v) is 2.29. The van der Waals surface area contributed by atoms with Crippen molar-refractivity contribution in [1.82, 2.24) is 10.2 Å². The maximum atomic E-state index is 3.60. The summed E-state index contributed by atoms with van der Waals surface area (Å²) in [6.45, 7) is 12.8. The largest absolute Gasteiger partial charge is 0.313 e. The smallest absolute Gasteiger partial charge is 0.0220 e. The molecule has 0 aromatic heterocycles. The van der Waals surface area contributed by atoms with Crippen LogP contribution in [0.3, 0.4) is 0 Å². The van der Waals surface area contributed by atoms with Gasteiger partial charge >= 0.3 is 0 Å². The van der Waals surface area contributed by atoms with Crippen molar-refractivity contribution in [3.8, 4) is 0 Å². The summed E-state index contributed by atoms with van der Waals surface area (Å²) in [6, 6.07) is 1.36. The predicted molar refractivity (Wildman–Crippen MR) is 71.8 cm³/mol. The highest BCUT2D eigenvalue weighted by Gasteiger charge is 2.26. The van der Waals surface area contributed by atoms with E-state index in [1.165, 1.54) is 38.8 Å². The molecule has 1 unspecified atom stereocenters. The lowest BCUT2D eigenvalue weighted by molar-refractivity contribution is 0.180. The Bertz CT molecular complexity index is 176. The zero-order chi connectivity index (χ0) is 12.0. The molecule has 0 bridgehead atoms. The lowest BCUT2D eigenvalue weighted by Crippen LogP contribution is -2.44. The highest BCUT2D eigenvalue weighted by Crippen LogP contribution is 2.30. The van der Waals surface area contributed by atoms with Crippen LogP contribution in [0, 0.1) is 5.92 Å². The number of nitrogens with one attached hydrogen (secondary N) is 1. The Morgan fingerprint density at radius 3 is 2.38 bits per heavy atom. The van der Waals surface area contributed by atoms with Crippen LogP contribution in [-0.4, -0.2) is 36.6 Å². The molecule has 1 aliphatic rings. The summed E-state index contributed by atoms with van der Waals surface area (Å²) < 4.78 is 0. The lowest BCUT2D eigenvalue weighted by atomic mass is 10.1. The summed E-state index contributed by atoms with van der Waals surface area (Å²) in [7, 11) is 0. The molecule has 1 fully saturated rings. The molecule has 1 saturated carbocycles. The Kier molecular flexibility index (Phi) is 6.37. The molecule has 16 heavy (non-hydrogen) atoms. The van der Waals surface area contributed by atoms with E-state index in [0.717, 1.165) is 18.5 Å². The molecule has 96 valence electrons. The van der Waals surface area contributed by atoms with Crippen LogP contribution < -0.4 is 5.32 Å². The molecule has 0 radical (unpaired) electrons. The van der Waals surface area contributed by atoms with Gasteiger partial charge in [0.15, 0.2) is 0 Å². The summed E-state index contributed by atoms with van der Waals surface area (Å²) in [4.78, 5) is 2.69. The second kappa shape index (κ2) is 7.29. The second-order valence-corrected chi connectivity index (χ2v) is 5.54. The average Bonchev–Trinajstić information content (AvgIpc) is 3.04. The number of likely N-dealkylation sites (N-methyl/N-ethyl adjacent to an activating group) is 1. The van der Waals surface area contributed by atoms with Crippen molar-refractivity contribution >= 4 is 0 Å². The second-order valence-electron chi connectivity index (χ2n) is 5.54. The minimum Gasteiger partial charge on any atom is -0.313 e. The van der Waals surface area contributed by atoms with Crippen LogP contribution in [0.4, 0.5) is 0 Å². The molecule has 0 aliphatic heterocycles. The first-order chi connectivity index (χ1) is 7.67. The number of rotatable bonds is 9. The maximum Gasteiger partial charge on any atom is 0.0220 e. The highest BCUT2D eigenvalue weighted by molar-refractivity contribution is 4.81. The van der Waals surface area contributed by atoms with E-state index in [2.05, 4.69) is 37.9 Å². The molecular weight excluding hydrogens is 196 g/mol. The summed E-state index contributed by atoms with van der Waals surface area (Å²) in [5.41, 5.74) is 0. The standard InChI is InChI=1S/C14H30N2/c1-5-7-14(10-15-12(3)4)16(6-2)11-13-8-9-13/h12-15H,5-11H2,1-4H3. The molecule has 0 aromatic carbocycles. The van der Waals surface area contributed by atoms with Gasteiger partial charge in [0, 0.05) is 25.2 Å². The van der Waals surface area contributed by atoms with Gasteiger partial charge in [-0.2, -0.15) is 0 Å². The molecule has 2 heteroatoms. The van der Waals surface area contributed by atoms with Crippen molar-refractivity contribution in [2.24, 2.45) is 5.92 Å². The third-order valence-corrected chi connectivity index (χ3v) is 3.50. The first-order valence-electron chi connectivity index (χ1n) is 7.14. The molecule has 1 atom stereocenters. The van der Waals surface area contributed by atoms with Crippen LogP contribution in [0.1, 0.15) is 53.4 Å². The van der Waals surface area contributed by atoms with Crippen molar-refractivity contribution < 1.29 is 0 Å². The van der Waals surface area contributed by atoms with Crippen molar-refractivity contribution in [1.29, 1.82) is 0 Å². The number of hydrogen-bond donors (Lipinski definition) is 1. The minimum absolute atomic E-state index is 0.610. The fraction of sp³-hybridized carbons (Fsp3) is 1.00. The lowest BCUT2D eigenvalue weighted by Gasteiger charge is -2.31. The van der Waals surface area contributed by atoms with Crippen LogP contribution >= 0.6 is 0 Å². The van der Waals surface area contributed by atoms with Gasteiger partial charge in [0.2, 0.25) is 0 Å². The van der Waals surface area contributed by atoms with Crippen LogP contribution in [0.25, 0.3) is 0 Å². The molecule has 0 amide bonds. The number of nitrogens with zero attached hydrogens (tertiary/aromatic N) is 1. The predicted octanol–water partition coefficient (Wildman–Crippen LogP) is 2.89.